The van der Waals surface area contributed by atoms with E-state index in [-0.39, 0.29) is 5.91 Å². The van der Waals surface area contributed by atoms with Crippen molar-refractivity contribution in [3.63, 3.8) is 0 Å². The van der Waals surface area contributed by atoms with Gasteiger partial charge in [0.25, 0.3) is 12.3 Å². The molecule has 3 rings (SSSR count). The molecule has 0 saturated heterocycles. The van der Waals surface area contributed by atoms with Crippen LogP contribution in [0.1, 0.15) is 21.5 Å². The van der Waals surface area contributed by atoms with Gasteiger partial charge in [-0.3, -0.25) is 4.79 Å². The van der Waals surface area contributed by atoms with E-state index in [1.165, 1.54) is 0 Å². The standard InChI is InChI=1S/C17H13Cl2F2NO2/c18-12-5-11-8-22(17(23)16(11)14(19)6-12)7-10-1-3-13(4-2-10)24-9-15(20)21/h1-6,15H,7-9H2. The van der Waals surface area contributed by atoms with E-state index in [2.05, 4.69) is 0 Å². The Kier molecular flexibility index (Phi) is 4.92. The molecule has 0 bridgehead atoms. The lowest BCUT2D eigenvalue weighted by Gasteiger charge is -2.16. The number of alkyl halides is 2. The summed E-state index contributed by atoms with van der Waals surface area (Å²) < 4.78 is 29.2. The zero-order valence-electron chi connectivity index (χ0n) is 12.4. The van der Waals surface area contributed by atoms with Crippen LogP contribution in [0.15, 0.2) is 36.4 Å². The molecule has 2 aromatic rings. The SMILES string of the molecule is O=C1c2c(Cl)cc(Cl)cc2CN1Cc1ccc(OCC(F)F)cc1. The van der Waals surface area contributed by atoms with Crippen molar-refractivity contribution < 1.29 is 18.3 Å². The molecule has 0 aromatic heterocycles. The second kappa shape index (κ2) is 6.95. The Hall–Kier alpha value is -1.85. The summed E-state index contributed by atoms with van der Waals surface area (Å²) in [5.41, 5.74) is 2.15. The quantitative estimate of drug-likeness (QED) is 0.755. The van der Waals surface area contributed by atoms with Gasteiger partial charge in [-0.15, -0.1) is 0 Å². The molecule has 24 heavy (non-hydrogen) atoms. The lowest BCUT2D eigenvalue weighted by molar-refractivity contribution is 0.0765. The summed E-state index contributed by atoms with van der Waals surface area (Å²) in [5, 5.41) is 0.842. The fourth-order valence-electron chi connectivity index (χ4n) is 2.63. The Morgan fingerprint density at radius 3 is 2.54 bits per heavy atom. The maximum Gasteiger partial charge on any atom is 0.272 e. The zero-order chi connectivity index (χ0) is 17.3. The summed E-state index contributed by atoms with van der Waals surface area (Å²) in [6, 6.07) is 9.99. The third-order valence-electron chi connectivity index (χ3n) is 3.67. The second-order valence-electron chi connectivity index (χ2n) is 5.43. The number of hydrogen-bond acceptors (Lipinski definition) is 2. The van der Waals surface area contributed by atoms with E-state index >= 15 is 0 Å². The highest BCUT2D eigenvalue weighted by atomic mass is 35.5. The minimum absolute atomic E-state index is 0.148. The number of carbonyl (C=O) groups excluding carboxylic acids is 1. The third kappa shape index (κ3) is 3.62. The van der Waals surface area contributed by atoms with E-state index < -0.39 is 13.0 Å². The topological polar surface area (TPSA) is 29.5 Å². The molecular weight excluding hydrogens is 359 g/mol. The van der Waals surface area contributed by atoms with Gasteiger partial charge >= 0.3 is 0 Å². The van der Waals surface area contributed by atoms with Crippen LogP contribution < -0.4 is 4.74 Å². The summed E-state index contributed by atoms with van der Waals surface area (Å²) in [4.78, 5) is 14.1. The minimum Gasteiger partial charge on any atom is -0.488 e. The molecule has 1 amide bonds. The summed E-state index contributed by atoms with van der Waals surface area (Å²) >= 11 is 12.1. The predicted molar refractivity (Wildman–Crippen MR) is 88.0 cm³/mol. The molecule has 0 fully saturated rings. The average molecular weight is 372 g/mol. The number of fused-ring (bicyclic) bond motifs is 1. The minimum atomic E-state index is -2.51. The first-order valence-corrected chi connectivity index (χ1v) is 7.96. The summed E-state index contributed by atoms with van der Waals surface area (Å²) in [6.07, 6.45) is -2.51. The first-order valence-electron chi connectivity index (χ1n) is 7.21. The fraction of sp³-hybridized carbons (Fsp3) is 0.235. The van der Waals surface area contributed by atoms with Crippen molar-refractivity contribution in [2.75, 3.05) is 6.61 Å². The number of amides is 1. The number of ether oxygens (including phenoxy) is 1. The van der Waals surface area contributed by atoms with Crippen LogP contribution in [0.5, 0.6) is 5.75 Å². The smallest absolute Gasteiger partial charge is 0.272 e. The van der Waals surface area contributed by atoms with Crippen molar-refractivity contribution in [1.29, 1.82) is 0 Å². The van der Waals surface area contributed by atoms with Crippen molar-refractivity contribution in [2.45, 2.75) is 19.5 Å². The summed E-state index contributed by atoms with van der Waals surface area (Å²) in [5.74, 6) is 0.217. The molecular formula is C17H13Cl2F2NO2. The largest absolute Gasteiger partial charge is 0.488 e. The Bertz CT molecular complexity index is 766. The highest BCUT2D eigenvalue weighted by molar-refractivity contribution is 6.37. The maximum atomic E-state index is 12.5. The third-order valence-corrected chi connectivity index (χ3v) is 4.19. The zero-order valence-corrected chi connectivity index (χ0v) is 14.0. The van der Waals surface area contributed by atoms with E-state index in [0.717, 1.165) is 11.1 Å². The summed E-state index contributed by atoms with van der Waals surface area (Å²) in [6.45, 7) is 0.174. The molecule has 126 valence electrons. The first kappa shape index (κ1) is 17.0. The van der Waals surface area contributed by atoms with E-state index in [1.54, 1.807) is 41.3 Å². The molecule has 1 aliphatic heterocycles. The van der Waals surface area contributed by atoms with Gasteiger partial charge in [0.1, 0.15) is 12.4 Å². The lowest BCUT2D eigenvalue weighted by Crippen LogP contribution is -2.23. The van der Waals surface area contributed by atoms with Gasteiger partial charge in [0.05, 0.1) is 10.6 Å². The van der Waals surface area contributed by atoms with Crippen molar-refractivity contribution >= 4 is 29.1 Å². The Labute approximate surface area is 147 Å². The first-order chi connectivity index (χ1) is 11.4. The number of rotatable bonds is 5. The monoisotopic (exact) mass is 371 g/mol. The molecule has 1 aliphatic rings. The normalized spacial score (nSPS) is 13.5. The predicted octanol–water partition coefficient (Wildman–Crippen LogP) is 4.79. The van der Waals surface area contributed by atoms with Crippen LogP contribution in [0.2, 0.25) is 10.0 Å². The maximum absolute atomic E-state index is 12.5. The Balaban J connectivity index is 1.69. The number of hydrogen-bond donors (Lipinski definition) is 0. The molecule has 0 unspecified atom stereocenters. The van der Waals surface area contributed by atoms with Crippen LogP contribution in [0.25, 0.3) is 0 Å². The van der Waals surface area contributed by atoms with Crippen LogP contribution in [-0.4, -0.2) is 23.8 Å². The molecule has 0 atom stereocenters. The molecule has 0 aliphatic carbocycles. The highest BCUT2D eigenvalue weighted by Crippen LogP contribution is 2.33. The van der Waals surface area contributed by atoms with Crippen molar-refractivity contribution in [3.05, 3.63) is 63.1 Å². The van der Waals surface area contributed by atoms with Crippen molar-refractivity contribution in [1.82, 2.24) is 4.90 Å². The molecule has 3 nitrogen and oxygen atoms in total. The fourth-order valence-corrected chi connectivity index (χ4v) is 3.24. The molecule has 1 heterocycles. The van der Waals surface area contributed by atoms with Gasteiger partial charge in [-0.05, 0) is 35.4 Å². The van der Waals surface area contributed by atoms with Gasteiger partial charge < -0.3 is 9.64 Å². The van der Waals surface area contributed by atoms with Crippen LogP contribution in [0.4, 0.5) is 8.78 Å². The van der Waals surface area contributed by atoms with Crippen LogP contribution >= 0.6 is 23.2 Å². The van der Waals surface area contributed by atoms with Crippen LogP contribution in [0.3, 0.4) is 0 Å². The van der Waals surface area contributed by atoms with E-state index in [0.29, 0.717) is 34.4 Å². The number of nitrogens with zero attached hydrogens (tertiary/aromatic N) is 1. The highest BCUT2D eigenvalue weighted by Gasteiger charge is 2.30. The Morgan fingerprint density at radius 1 is 1.17 bits per heavy atom. The second-order valence-corrected chi connectivity index (χ2v) is 6.27. The number of halogens is 4. The van der Waals surface area contributed by atoms with Gasteiger partial charge in [0.2, 0.25) is 0 Å². The molecule has 0 spiro atoms. The molecule has 2 aromatic carbocycles. The number of benzene rings is 2. The van der Waals surface area contributed by atoms with E-state index in [9.17, 15) is 13.6 Å². The summed E-state index contributed by atoms with van der Waals surface area (Å²) in [7, 11) is 0. The lowest BCUT2D eigenvalue weighted by atomic mass is 10.1. The number of carbonyl (C=O) groups is 1. The Morgan fingerprint density at radius 2 is 1.88 bits per heavy atom. The van der Waals surface area contributed by atoms with E-state index in [4.69, 9.17) is 27.9 Å². The van der Waals surface area contributed by atoms with Gasteiger partial charge in [-0.1, -0.05) is 35.3 Å². The van der Waals surface area contributed by atoms with Crippen LogP contribution in [0, 0.1) is 0 Å². The molecule has 0 radical (unpaired) electrons. The van der Waals surface area contributed by atoms with Gasteiger partial charge in [0, 0.05) is 18.1 Å². The average Bonchev–Trinajstić information content (AvgIpc) is 2.82. The van der Waals surface area contributed by atoms with Crippen molar-refractivity contribution in [3.8, 4) is 5.75 Å². The van der Waals surface area contributed by atoms with Gasteiger partial charge in [0.15, 0.2) is 0 Å². The molecule has 0 N–H and O–H groups in total. The van der Waals surface area contributed by atoms with Gasteiger partial charge in [-0.25, -0.2) is 8.78 Å². The van der Waals surface area contributed by atoms with Crippen molar-refractivity contribution in [2.24, 2.45) is 0 Å². The van der Waals surface area contributed by atoms with Gasteiger partial charge in [-0.2, -0.15) is 0 Å². The molecule has 0 saturated carbocycles. The van der Waals surface area contributed by atoms with Crippen LogP contribution in [-0.2, 0) is 13.1 Å². The molecule has 7 heteroatoms. The van der Waals surface area contributed by atoms with E-state index in [1.807, 2.05) is 0 Å².